The molecule has 0 amide bonds. The van der Waals surface area contributed by atoms with Crippen LogP contribution in [0.25, 0.3) is 0 Å². The van der Waals surface area contributed by atoms with Crippen molar-refractivity contribution < 1.29 is 14.6 Å². The van der Waals surface area contributed by atoms with Crippen LogP contribution in [-0.4, -0.2) is 18.2 Å². The number of carbonyl (C=O) groups is 1. The Morgan fingerprint density at radius 3 is 2.30 bits per heavy atom. The Labute approximate surface area is 60.3 Å². The molecule has 1 aliphatic carbocycles. The number of hydrogen-bond acceptors (Lipinski definition) is 3. The Morgan fingerprint density at radius 2 is 2.20 bits per heavy atom. The van der Waals surface area contributed by atoms with E-state index in [0.717, 1.165) is 25.7 Å². The molecule has 58 valence electrons. The fourth-order valence-electron chi connectivity index (χ4n) is 0.539. The van der Waals surface area contributed by atoms with Crippen molar-refractivity contribution in [1.82, 2.24) is 0 Å². The van der Waals surface area contributed by atoms with Gasteiger partial charge in [-0.15, -0.1) is 0 Å². The molecule has 10 heavy (non-hydrogen) atoms. The van der Waals surface area contributed by atoms with Crippen LogP contribution in [0, 0.1) is 0 Å². The van der Waals surface area contributed by atoms with Gasteiger partial charge in [0.1, 0.15) is 5.76 Å². The van der Waals surface area contributed by atoms with Gasteiger partial charge in [0.2, 0.25) is 0 Å². The van der Waals surface area contributed by atoms with E-state index in [9.17, 15) is 4.79 Å². The smallest absolute Gasteiger partial charge is 0.307 e. The van der Waals surface area contributed by atoms with Crippen LogP contribution < -0.4 is 0 Å². The van der Waals surface area contributed by atoms with E-state index in [1.165, 1.54) is 6.92 Å². The number of aliphatic hydroxyl groups excluding tert-OH is 1. The van der Waals surface area contributed by atoms with Crippen LogP contribution in [0.15, 0.2) is 11.8 Å². The summed E-state index contributed by atoms with van der Waals surface area (Å²) in [5.74, 6) is 0.619. The van der Waals surface area contributed by atoms with E-state index in [0.29, 0.717) is 0 Å². The lowest BCUT2D eigenvalue weighted by Crippen LogP contribution is -2.03. The third-order valence-electron chi connectivity index (χ3n) is 1.04. The summed E-state index contributed by atoms with van der Waals surface area (Å²) in [5, 5.41) is 7.00. The molecule has 0 spiro atoms. The molecule has 0 aromatic rings. The Hall–Kier alpha value is -0.830. The highest BCUT2D eigenvalue weighted by molar-refractivity contribution is 5.67. The highest BCUT2D eigenvalue weighted by atomic mass is 16.5. The van der Waals surface area contributed by atoms with E-state index in [1.54, 1.807) is 0 Å². The van der Waals surface area contributed by atoms with Crippen molar-refractivity contribution in [3.8, 4) is 0 Å². The predicted octanol–water partition coefficient (Wildman–Crippen LogP) is 0.836. The van der Waals surface area contributed by atoms with E-state index in [-0.39, 0.29) is 5.97 Å². The first-order valence-corrected chi connectivity index (χ1v) is 3.11. The van der Waals surface area contributed by atoms with Crippen LogP contribution in [0.1, 0.15) is 19.8 Å². The summed E-state index contributed by atoms with van der Waals surface area (Å²) in [5.41, 5.74) is 0. The minimum atomic E-state index is -0.212. The zero-order valence-corrected chi connectivity index (χ0v) is 6.26. The molecular weight excluding hydrogens is 132 g/mol. The summed E-state index contributed by atoms with van der Waals surface area (Å²) in [6.45, 7) is 1.42. The second-order valence-electron chi connectivity index (χ2n) is 1.80. The Balaban J connectivity index is 0.000000371. The zero-order valence-electron chi connectivity index (χ0n) is 6.26. The Kier molecular flexibility index (Phi) is 4.58. The van der Waals surface area contributed by atoms with Gasteiger partial charge in [-0.2, -0.15) is 0 Å². The molecule has 0 bridgehead atoms. The maximum absolute atomic E-state index is 10.2. The average Bonchev–Trinajstić information content (AvgIpc) is 1.84. The number of esters is 1. The number of aliphatic hydroxyl groups is 1. The van der Waals surface area contributed by atoms with Crippen molar-refractivity contribution >= 4 is 5.97 Å². The van der Waals surface area contributed by atoms with Crippen molar-refractivity contribution in [3.05, 3.63) is 11.8 Å². The summed E-state index contributed by atoms with van der Waals surface area (Å²) in [7, 11) is 1.00. The predicted molar refractivity (Wildman–Crippen MR) is 37.2 cm³/mol. The molecular formula is C7H12O3. The molecule has 0 aromatic carbocycles. The first-order valence-electron chi connectivity index (χ1n) is 3.11. The van der Waals surface area contributed by atoms with Crippen LogP contribution in [0.2, 0.25) is 0 Å². The summed E-state index contributed by atoms with van der Waals surface area (Å²) in [6, 6.07) is 0. The lowest BCUT2D eigenvalue weighted by atomic mass is 10.1. The zero-order chi connectivity index (χ0) is 7.98. The topological polar surface area (TPSA) is 46.5 Å². The van der Waals surface area contributed by atoms with Gasteiger partial charge in [0, 0.05) is 20.5 Å². The van der Waals surface area contributed by atoms with Gasteiger partial charge in [0.15, 0.2) is 0 Å². The van der Waals surface area contributed by atoms with Gasteiger partial charge < -0.3 is 9.84 Å². The summed E-state index contributed by atoms with van der Waals surface area (Å²) >= 11 is 0. The van der Waals surface area contributed by atoms with Crippen molar-refractivity contribution in [3.63, 3.8) is 0 Å². The summed E-state index contributed by atoms with van der Waals surface area (Å²) in [4.78, 5) is 10.2. The fourth-order valence-corrected chi connectivity index (χ4v) is 0.539. The molecule has 0 saturated carbocycles. The van der Waals surface area contributed by atoms with Crippen molar-refractivity contribution in [2.75, 3.05) is 7.11 Å². The number of rotatable bonds is 1. The van der Waals surface area contributed by atoms with E-state index in [4.69, 9.17) is 9.84 Å². The van der Waals surface area contributed by atoms with Crippen LogP contribution in [0.3, 0.4) is 0 Å². The molecule has 0 fully saturated rings. The van der Waals surface area contributed by atoms with Crippen LogP contribution >= 0.6 is 0 Å². The second kappa shape index (κ2) is 4.99. The first-order chi connectivity index (χ1) is 4.79. The van der Waals surface area contributed by atoms with Crippen LogP contribution in [-0.2, 0) is 9.53 Å². The Morgan fingerprint density at radius 1 is 1.70 bits per heavy atom. The SMILES string of the molecule is CC(=O)OC1=CCC1.CO. The normalized spacial score (nSPS) is 13.7. The highest BCUT2D eigenvalue weighted by Crippen LogP contribution is 2.18. The maximum Gasteiger partial charge on any atom is 0.307 e. The van der Waals surface area contributed by atoms with Gasteiger partial charge >= 0.3 is 5.97 Å². The number of carbonyl (C=O) groups excluding carboxylic acids is 1. The minimum Gasteiger partial charge on any atom is -0.432 e. The maximum atomic E-state index is 10.2. The highest BCUT2D eigenvalue weighted by Gasteiger charge is 2.07. The lowest BCUT2D eigenvalue weighted by Gasteiger charge is -2.11. The lowest BCUT2D eigenvalue weighted by molar-refractivity contribution is -0.137. The van der Waals surface area contributed by atoms with Gasteiger partial charge in [-0.3, -0.25) is 4.79 Å². The third-order valence-corrected chi connectivity index (χ3v) is 1.04. The number of allylic oxidation sites excluding steroid dienone is 2. The van der Waals surface area contributed by atoms with E-state index < -0.39 is 0 Å². The van der Waals surface area contributed by atoms with Gasteiger partial charge in [0.05, 0.1) is 0 Å². The molecule has 0 aliphatic heterocycles. The average molecular weight is 144 g/mol. The monoisotopic (exact) mass is 144 g/mol. The van der Waals surface area contributed by atoms with E-state index >= 15 is 0 Å². The largest absolute Gasteiger partial charge is 0.432 e. The molecule has 0 saturated heterocycles. The van der Waals surface area contributed by atoms with Crippen molar-refractivity contribution in [2.45, 2.75) is 19.8 Å². The molecule has 0 radical (unpaired) electrons. The van der Waals surface area contributed by atoms with Gasteiger partial charge in [-0.05, 0) is 12.5 Å². The molecule has 3 nitrogen and oxygen atoms in total. The van der Waals surface area contributed by atoms with Crippen molar-refractivity contribution in [2.24, 2.45) is 0 Å². The standard InChI is InChI=1S/C6H8O2.CH4O/c1-5(7)8-6-3-2-4-6;1-2/h3H,2,4H2,1H3;2H,1H3. The second-order valence-corrected chi connectivity index (χ2v) is 1.80. The molecule has 0 atom stereocenters. The third kappa shape index (κ3) is 3.25. The van der Waals surface area contributed by atoms with Crippen molar-refractivity contribution in [1.29, 1.82) is 0 Å². The molecule has 0 heterocycles. The quantitative estimate of drug-likeness (QED) is 0.554. The van der Waals surface area contributed by atoms with Gasteiger partial charge in [-0.25, -0.2) is 0 Å². The van der Waals surface area contributed by atoms with E-state index in [1.807, 2.05) is 6.08 Å². The fraction of sp³-hybridized carbons (Fsp3) is 0.571. The van der Waals surface area contributed by atoms with Gasteiger partial charge in [0.25, 0.3) is 0 Å². The number of hydrogen-bond donors (Lipinski definition) is 1. The minimum absolute atomic E-state index is 0.212. The molecule has 1 N–H and O–H groups in total. The molecule has 0 unspecified atom stereocenters. The summed E-state index contributed by atoms with van der Waals surface area (Å²) < 4.78 is 4.71. The van der Waals surface area contributed by atoms with Crippen LogP contribution in [0.4, 0.5) is 0 Å². The molecule has 0 aromatic heterocycles. The number of ether oxygens (including phenoxy) is 1. The van der Waals surface area contributed by atoms with E-state index in [2.05, 4.69) is 0 Å². The van der Waals surface area contributed by atoms with Crippen LogP contribution in [0.5, 0.6) is 0 Å². The Bertz CT molecular complexity index is 138. The molecule has 1 rings (SSSR count). The first kappa shape index (κ1) is 9.17. The van der Waals surface area contributed by atoms with Gasteiger partial charge in [-0.1, -0.05) is 0 Å². The molecule has 3 heteroatoms. The summed E-state index contributed by atoms with van der Waals surface area (Å²) in [6.07, 6.45) is 3.91. The molecule has 1 aliphatic rings.